The minimum absolute atomic E-state index is 0.0703. The molecular weight excluding hydrogens is 394 g/mol. The Labute approximate surface area is 168 Å². The van der Waals surface area contributed by atoms with Gasteiger partial charge in [0, 0.05) is 34.6 Å². The van der Waals surface area contributed by atoms with E-state index in [9.17, 15) is 13.2 Å². The van der Waals surface area contributed by atoms with Gasteiger partial charge in [-0.15, -0.1) is 22.0 Å². The lowest BCUT2D eigenvalue weighted by Crippen LogP contribution is -2.12. The molecule has 6 nitrogen and oxygen atoms in total. The van der Waals surface area contributed by atoms with Crippen LogP contribution in [0.3, 0.4) is 0 Å². The molecule has 2 aromatic carbocycles. The number of hydrogen-bond acceptors (Lipinski definition) is 6. The average molecular weight is 414 g/mol. The van der Waals surface area contributed by atoms with Crippen molar-refractivity contribution in [3.63, 3.8) is 0 Å². The highest BCUT2D eigenvalue weighted by atomic mass is 32.2. The summed E-state index contributed by atoms with van der Waals surface area (Å²) in [5.41, 5.74) is 1.92. The number of anilines is 1. The predicted molar refractivity (Wildman–Crippen MR) is 111 cm³/mol. The van der Waals surface area contributed by atoms with E-state index in [2.05, 4.69) is 15.5 Å². The van der Waals surface area contributed by atoms with Crippen LogP contribution in [0.1, 0.15) is 6.42 Å². The zero-order valence-electron chi connectivity index (χ0n) is 15.2. The lowest BCUT2D eigenvalue weighted by atomic mass is 10.1. The van der Waals surface area contributed by atoms with Crippen LogP contribution >= 0.6 is 11.8 Å². The number of sulfone groups is 1. The summed E-state index contributed by atoms with van der Waals surface area (Å²) in [6, 6.07) is 20.2. The number of benzene rings is 2. The third kappa shape index (κ3) is 5.64. The van der Waals surface area contributed by atoms with Crippen molar-refractivity contribution >= 4 is 33.2 Å². The average Bonchev–Trinajstić information content (AvgIpc) is 2.68. The van der Waals surface area contributed by atoms with Crippen LogP contribution in [0.5, 0.6) is 0 Å². The Bertz CT molecular complexity index is 1050. The molecule has 0 aliphatic heterocycles. The number of amides is 1. The summed E-state index contributed by atoms with van der Waals surface area (Å²) in [4.78, 5) is 13.3. The van der Waals surface area contributed by atoms with E-state index in [1.54, 1.807) is 36.0 Å². The van der Waals surface area contributed by atoms with Crippen molar-refractivity contribution in [2.24, 2.45) is 0 Å². The van der Waals surface area contributed by atoms with Gasteiger partial charge in [0.25, 0.3) is 0 Å². The maximum absolute atomic E-state index is 12.2. The molecule has 28 heavy (non-hydrogen) atoms. The first kappa shape index (κ1) is 20.0. The van der Waals surface area contributed by atoms with Crippen molar-refractivity contribution in [3.8, 4) is 11.3 Å². The summed E-state index contributed by atoms with van der Waals surface area (Å²) in [7, 11) is -3.39. The van der Waals surface area contributed by atoms with Gasteiger partial charge in [0.1, 0.15) is 0 Å². The fourth-order valence-corrected chi connectivity index (χ4v) is 3.81. The number of nitrogens with zero attached hydrogens (tertiary/aromatic N) is 2. The number of thioether (sulfide) groups is 1. The number of carbonyl (C=O) groups excluding carboxylic acids is 1. The highest BCUT2D eigenvalue weighted by molar-refractivity contribution is 7.99. The molecule has 0 atom stereocenters. The number of aromatic nitrogens is 2. The molecule has 144 valence electrons. The van der Waals surface area contributed by atoms with Crippen molar-refractivity contribution in [3.05, 3.63) is 66.7 Å². The molecule has 0 spiro atoms. The van der Waals surface area contributed by atoms with Crippen LogP contribution in [0.4, 0.5) is 5.69 Å². The van der Waals surface area contributed by atoms with Crippen molar-refractivity contribution in [2.45, 2.75) is 16.3 Å². The summed E-state index contributed by atoms with van der Waals surface area (Å²) in [6.45, 7) is 0. The highest BCUT2D eigenvalue weighted by Crippen LogP contribution is 2.22. The predicted octanol–water partition coefficient (Wildman–Crippen LogP) is 3.67. The molecule has 0 aliphatic carbocycles. The van der Waals surface area contributed by atoms with E-state index >= 15 is 0 Å². The van der Waals surface area contributed by atoms with E-state index in [0.29, 0.717) is 23.6 Å². The van der Waals surface area contributed by atoms with Gasteiger partial charge in [0.2, 0.25) is 5.91 Å². The molecule has 0 bridgehead atoms. The molecule has 1 amide bonds. The van der Waals surface area contributed by atoms with Gasteiger partial charge in [-0.2, -0.15) is 0 Å². The molecule has 0 unspecified atom stereocenters. The maximum Gasteiger partial charge on any atom is 0.225 e. The molecular formula is C20H19N3O3S2. The zero-order chi connectivity index (χ0) is 20.0. The lowest BCUT2D eigenvalue weighted by molar-refractivity contribution is -0.115. The Morgan fingerprint density at radius 1 is 1.00 bits per heavy atom. The molecule has 3 rings (SSSR count). The van der Waals surface area contributed by atoms with Crippen LogP contribution in [-0.4, -0.2) is 36.5 Å². The highest BCUT2D eigenvalue weighted by Gasteiger charge is 2.11. The normalized spacial score (nSPS) is 11.2. The first-order valence-corrected chi connectivity index (χ1v) is 11.4. The first-order chi connectivity index (χ1) is 13.4. The monoisotopic (exact) mass is 413 g/mol. The lowest BCUT2D eigenvalue weighted by Gasteiger charge is -2.07. The fourth-order valence-electron chi connectivity index (χ4n) is 2.43. The van der Waals surface area contributed by atoms with Crippen molar-refractivity contribution < 1.29 is 13.2 Å². The Morgan fingerprint density at radius 2 is 1.79 bits per heavy atom. The first-order valence-electron chi connectivity index (χ1n) is 8.54. The maximum atomic E-state index is 12.2. The van der Waals surface area contributed by atoms with Crippen LogP contribution < -0.4 is 5.32 Å². The largest absolute Gasteiger partial charge is 0.326 e. The Balaban J connectivity index is 1.60. The minimum atomic E-state index is -3.39. The smallest absolute Gasteiger partial charge is 0.225 e. The third-order valence-electron chi connectivity index (χ3n) is 3.80. The van der Waals surface area contributed by atoms with Gasteiger partial charge < -0.3 is 5.32 Å². The van der Waals surface area contributed by atoms with Gasteiger partial charge >= 0.3 is 0 Å². The van der Waals surface area contributed by atoms with Crippen LogP contribution in [0.25, 0.3) is 11.3 Å². The van der Waals surface area contributed by atoms with E-state index in [-0.39, 0.29) is 10.9 Å². The van der Waals surface area contributed by atoms with E-state index in [4.69, 9.17) is 0 Å². The minimum Gasteiger partial charge on any atom is -0.326 e. The van der Waals surface area contributed by atoms with E-state index in [1.165, 1.54) is 6.07 Å². The van der Waals surface area contributed by atoms with Gasteiger partial charge in [-0.25, -0.2) is 8.42 Å². The molecule has 0 aliphatic rings. The second kappa shape index (κ2) is 8.99. The molecule has 8 heteroatoms. The van der Waals surface area contributed by atoms with Crippen LogP contribution in [-0.2, 0) is 14.6 Å². The second-order valence-corrected chi connectivity index (χ2v) is 9.20. The van der Waals surface area contributed by atoms with Crippen LogP contribution in [0, 0.1) is 0 Å². The molecule has 0 radical (unpaired) electrons. The van der Waals surface area contributed by atoms with Gasteiger partial charge in [-0.3, -0.25) is 4.79 Å². The van der Waals surface area contributed by atoms with E-state index < -0.39 is 9.84 Å². The van der Waals surface area contributed by atoms with Crippen molar-refractivity contribution in [1.82, 2.24) is 10.2 Å². The van der Waals surface area contributed by atoms with Crippen molar-refractivity contribution in [2.75, 3.05) is 17.3 Å². The summed E-state index contributed by atoms with van der Waals surface area (Å²) in [5, 5.41) is 10.5. The summed E-state index contributed by atoms with van der Waals surface area (Å²) in [5.74, 6) is 0.618. The molecule has 0 saturated carbocycles. The van der Waals surface area contributed by atoms with Gasteiger partial charge in [0.05, 0.1) is 5.69 Å². The molecule has 0 saturated heterocycles. The topological polar surface area (TPSA) is 89.0 Å². The van der Waals surface area contributed by atoms with E-state index in [0.717, 1.165) is 16.7 Å². The molecule has 1 heterocycles. The van der Waals surface area contributed by atoms with Gasteiger partial charge in [0.15, 0.2) is 14.9 Å². The quantitative estimate of drug-likeness (QED) is 0.595. The Hall–Kier alpha value is -2.71. The van der Waals surface area contributed by atoms with Gasteiger partial charge in [-0.05, 0) is 36.4 Å². The summed E-state index contributed by atoms with van der Waals surface area (Å²) in [6.07, 6.45) is 1.48. The zero-order valence-corrected chi connectivity index (χ0v) is 16.8. The fraction of sp³-hybridized carbons (Fsp3) is 0.150. The number of carbonyl (C=O) groups is 1. The number of nitrogens with one attached hydrogen (secondary N) is 1. The second-order valence-electron chi connectivity index (χ2n) is 6.07. The van der Waals surface area contributed by atoms with Gasteiger partial charge in [-0.1, -0.05) is 30.3 Å². The van der Waals surface area contributed by atoms with Crippen LogP contribution in [0.2, 0.25) is 0 Å². The molecule has 1 aromatic heterocycles. The SMILES string of the molecule is CS(=O)(=O)c1ccc(-c2cccc(NC(=O)CCSc3ccccc3)c2)nn1. The summed E-state index contributed by atoms with van der Waals surface area (Å²) < 4.78 is 23.0. The van der Waals surface area contributed by atoms with Crippen molar-refractivity contribution in [1.29, 1.82) is 0 Å². The number of rotatable bonds is 7. The van der Waals surface area contributed by atoms with Crippen LogP contribution in [0.15, 0.2) is 76.7 Å². The third-order valence-corrected chi connectivity index (χ3v) is 5.79. The molecule has 3 aromatic rings. The molecule has 0 fully saturated rings. The summed E-state index contributed by atoms with van der Waals surface area (Å²) >= 11 is 1.63. The van der Waals surface area contributed by atoms with E-state index in [1.807, 2.05) is 36.4 Å². The Morgan fingerprint density at radius 3 is 2.46 bits per heavy atom. The number of hydrogen-bond donors (Lipinski definition) is 1. The Kier molecular flexibility index (Phi) is 6.43. The standard InChI is InChI=1S/C20H19N3O3S2/c1-28(25,26)20-11-10-18(22-23-20)15-6-5-7-16(14-15)21-19(24)12-13-27-17-8-3-2-4-9-17/h2-11,14H,12-13H2,1H3,(H,21,24). The molecule has 1 N–H and O–H groups in total.